The van der Waals surface area contributed by atoms with Gasteiger partial charge in [0.2, 0.25) is 0 Å². The normalized spacial score (nSPS) is 12.9. The first kappa shape index (κ1) is 70.7. The predicted molar refractivity (Wildman–Crippen MR) is 344 cm³/mol. The molecular formula is C74H132O3. The van der Waals surface area contributed by atoms with E-state index in [-0.39, 0.29) is 0 Å². The van der Waals surface area contributed by atoms with E-state index < -0.39 is 0 Å². The Hall–Kier alpha value is -2.42. The Kier molecular flexibility index (Phi) is 49.7. The van der Waals surface area contributed by atoms with Crippen LogP contribution in [0.1, 0.15) is 361 Å². The number of hydrogen-bond donors (Lipinski definition) is 0. The number of benzene rings is 2. The van der Waals surface area contributed by atoms with E-state index in [0.29, 0.717) is 17.8 Å². The molecule has 0 aliphatic rings. The fourth-order valence-corrected chi connectivity index (χ4v) is 11.6. The minimum absolute atomic E-state index is 0.606. The van der Waals surface area contributed by atoms with Gasteiger partial charge in [-0.25, -0.2) is 0 Å². The highest BCUT2D eigenvalue weighted by Gasteiger charge is 2.15. The minimum Gasteiger partial charge on any atom is -0.493 e. The van der Waals surface area contributed by atoms with Crippen molar-refractivity contribution in [3.63, 3.8) is 0 Å². The van der Waals surface area contributed by atoms with Gasteiger partial charge in [0.1, 0.15) is 17.2 Å². The topological polar surface area (TPSA) is 27.7 Å². The third kappa shape index (κ3) is 43.1. The summed E-state index contributed by atoms with van der Waals surface area (Å²) in [7, 11) is 0. The molecule has 3 nitrogen and oxygen atoms in total. The van der Waals surface area contributed by atoms with Crippen LogP contribution in [0.25, 0.3) is 12.2 Å². The van der Waals surface area contributed by atoms with Crippen LogP contribution in [-0.2, 0) is 0 Å². The zero-order valence-corrected chi connectivity index (χ0v) is 52.7. The Balaban J connectivity index is 2.24. The molecule has 0 saturated carbocycles. The second-order valence-electron chi connectivity index (χ2n) is 24.6. The summed E-state index contributed by atoms with van der Waals surface area (Å²) in [5, 5.41) is 0. The Morgan fingerprint density at radius 2 is 0.468 bits per heavy atom. The van der Waals surface area contributed by atoms with Crippen molar-refractivity contribution in [2.45, 2.75) is 350 Å². The van der Waals surface area contributed by atoms with Crippen molar-refractivity contribution in [1.29, 1.82) is 0 Å². The molecule has 2 aromatic rings. The van der Waals surface area contributed by atoms with E-state index in [4.69, 9.17) is 14.2 Å². The van der Waals surface area contributed by atoms with E-state index >= 15 is 0 Å². The average molecular weight is 1070 g/mol. The van der Waals surface area contributed by atoms with Crippen molar-refractivity contribution in [1.82, 2.24) is 0 Å². The molecule has 77 heavy (non-hydrogen) atoms. The van der Waals surface area contributed by atoms with Gasteiger partial charge >= 0.3 is 0 Å². The van der Waals surface area contributed by atoms with Crippen LogP contribution in [0, 0.1) is 17.8 Å². The molecule has 2 rings (SSSR count). The Morgan fingerprint density at radius 1 is 0.247 bits per heavy atom. The first-order valence-electron chi connectivity index (χ1n) is 34.9. The molecule has 0 spiro atoms. The lowest BCUT2D eigenvalue weighted by Gasteiger charge is -2.20. The highest BCUT2D eigenvalue weighted by molar-refractivity contribution is 5.71. The lowest BCUT2D eigenvalue weighted by Crippen LogP contribution is -2.14. The number of ether oxygens (including phenoxy) is 3. The first-order valence-corrected chi connectivity index (χ1v) is 34.9. The van der Waals surface area contributed by atoms with Crippen LogP contribution in [0.15, 0.2) is 42.5 Å². The van der Waals surface area contributed by atoms with E-state index in [9.17, 15) is 0 Å². The molecule has 0 aromatic heterocycles. The van der Waals surface area contributed by atoms with Gasteiger partial charge in [-0.15, -0.1) is 0 Å². The summed E-state index contributed by atoms with van der Waals surface area (Å²) in [5.41, 5.74) is 2.35. The van der Waals surface area contributed by atoms with Crippen LogP contribution in [0.5, 0.6) is 17.2 Å². The highest BCUT2D eigenvalue weighted by atomic mass is 16.5. The summed E-state index contributed by atoms with van der Waals surface area (Å²) < 4.78 is 20.4. The fraction of sp³-hybridized carbons (Fsp3) is 0.811. The molecule has 0 fully saturated rings. The van der Waals surface area contributed by atoms with Gasteiger partial charge in [-0.3, -0.25) is 0 Å². The van der Waals surface area contributed by atoms with Crippen molar-refractivity contribution >= 4 is 12.2 Å². The van der Waals surface area contributed by atoms with Crippen molar-refractivity contribution in [3.8, 4) is 17.2 Å². The van der Waals surface area contributed by atoms with Crippen LogP contribution >= 0.6 is 0 Å². The van der Waals surface area contributed by atoms with E-state index in [1.54, 1.807) is 0 Å². The third-order valence-corrected chi connectivity index (χ3v) is 17.0. The minimum atomic E-state index is 0.606. The van der Waals surface area contributed by atoms with Crippen LogP contribution in [-0.4, -0.2) is 19.8 Å². The lowest BCUT2D eigenvalue weighted by molar-refractivity contribution is 0.214. The summed E-state index contributed by atoms with van der Waals surface area (Å²) in [4.78, 5) is 0. The summed E-state index contributed by atoms with van der Waals surface area (Å²) in [6, 6.07) is 15.6. The molecule has 0 radical (unpaired) electrons. The zero-order chi connectivity index (χ0) is 55.2. The molecule has 0 saturated heterocycles. The molecule has 3 atom stereocenters. The zero-order valence-electron chi connectivity index (χ0n) is 52.7. The van der Waals surface area contributed by atoms with Gasteiger partial charge in [-0.1, -0.05) is 336 Å². The maximum Gasteiger partial charge on any atom is 0.123 e. The molecule has 3 heteroatoms. The lowest BCUT2D eigenvalue weighted by atomic mass is 9.94. The largest absolute Gasteiger partial charge is 0.493 e. The first-order chi connectivity index (χ1) is 38.0. The molecule has 0 N–H and O–H groups in total. The fourth-order valence-electron chi connectivity index (χ4n) is 11.6. The number of rotatable bonds is 59. The summed E-state index contributed by atoms with van der Waals surface area (Å²) in [6.45, 7) is 16.4. The van der Waals surface area contributed by atoms with Crippen molar-refractivity contribution < 1.29 is 14.2 Å². The predicted octanol–water partition coefficient (Wildman–Crippen LogP) is 25.7. The Labute approximate surface area is 482 Å². The van der Waals surface area contributed by atoms with Gasteiger partial charge < -0.3 is 14.2 Å². The van der Waals surface area contributed by atoms with Gasteiger partial charge in [0, 0.05) is 6.07 Å². The third-order valence-electron chi connectivity index (χ3n) is 17.0. The second-order valence-corrected chi connectivity index (χ2v) is 24.6. The van der Waals surface area contributed by atoms with Gasteiger partial charge in [0.25, 0.3) is 0 Å². The van der Waals surface area contributed by atoms with Gasteiger partial charge in [-0.05, 0) is 91.7 Å². The molecule has 0 aliphatic carbocycles. The summed E-state index contributed by atoms with van der Waals surface area (Å²) in [6.07, 6.45) is 69.8. The quantitative estimate of drug-likeness (QED) is 0.0488. The molecule has 0 aliphatic heterocycles. The van der Waals surface area contributed by atoms with Gasteiger partial charge in [0.05, 0.1) is 19.8 Å². The van der Waals surface area contributed by atoms with Crippen LogP contribution in [0.2, 0.25) is 0 Å². The summed E-state index contributed by atoms with van der Waals surface area (Å²) in [5.74, 6) is 4.80. The number of hydrogen-bond acceptors (Lipinski definition) is 3. The standard InChI is InChI=1S/C74H132O3/c1-7-13-19-25-31-34-40-46-50-68(49-43-37-28-22-16-10-4)64-75-72-59-57-67(58-60-72)55-56-71-61-73(76-65-69(51-44-38-29-23-17-11-5)53-47-41-35-32-26-20-14-8-2)63-74(62-71)77-66-70(52-45-39-30-24-18-12-6)54-48-42-36-33-27-21-15-9-3/h55-63,68-70H,7-54,64-66H2,1-6H3/b56-55+. The SMILES string of the molecule is CCCCCCCCCCC(CCCCCCCC)COc1ccc(/C=C/c2cc(OCC(CCCCCCCC)CCCCCCCCCC)cc(OCC(CCCCCCCC)CCCCCCCCCC)c2)cc1. The highest BCUT2D eigenvalue weighted by Crippen LogP contribution is 2.30. The Morgan fingerprint density at radius 3 is 0.727 bits per heavy atom. The smallest absolute Gasteiger partial charge is 0.123 e. The van der Waals surface area contributed by atoms with Crippen molar-refractivity contribution in [2.75, 3.05) is 19.8 Å². The molecule has 446 valence electrons. The molecular weight excluding hydrogens is 937 g/mol. The van der Waals surface area contributed by atoms with Gasteiger partial charge in [-0.2, -0.15) is 0 Å². The van der Waals surface area contributed by atoms with E-state index in [1.807, 2.05) is 0 Å². The van der Waals surface area contributed by atoms with Crippen LogP contribution < -0.4 is 14.2 Å². The van der Waals surface area contributed by atoms with E-state index in [2.05, 4.69) is 96.2 Å². The van der Waals surface area contributed by atoms with E-state index in [0.717, 1.165) is 42.6 Å². The van der Waals surface area contributed by atoms with Crippen molar-refractivity contribution in [3.05, 3.63) is 53.6 Å². The summed E-state index contributed by atoms with van der Waals surface area (Å²) >= 11 is 0. The van der Waals surface area contributed by atoms with E-state index in [1.165, 1.54) is 314 Å². The Bertz CT molecular complexity index is 1470. The molecule has 2 aromatic carbocycles. The van der Waals surface area contributed by atoms with Crippen LogP contribution in [0.4, 0.5) is 0 Å². The second kappa shape index (κ2) is 54.2. The molecule has 0 heterocycles. The monoisotopic (exact) mass is 1070 g/mol. The number of unbranched alkanes of at least 4 members (excludes halogenated alkanes) is 36. The van der Waals surface area contributed by atoms with Gasteiger partial charge in [0.15, 0.2) is 0 Å². The molecule has 0 amide bonds. The maximum absolute atomic E-state index is 6.90. The maximum atomic E-state index is 6.90. The molecule has 0 bridgehead atoms. The molecule has 3 unspecified atom stereocenters. The van der Waals surface area contributed by atoms with Crippen LogP contribution in [0.3, 0.4) is 0 Å². The van der Waals surface area contributed by atoms with Crippen molar-refractivity contribution in [2.24, 2.45) is 17.8 Å². The average Bonchev–Trinajstić information content (AvgIpc) is 3.44.